The molecular weight excluding hydrogens is 206 g/mol. The molecule has 4 N–H and O–H groups in total. The molecule has 1 amide bonds. The van der Waals surface area contributed by atoms with Crippen molar-refractivity contribution in [2.75, 3.05) is 6.54 Å². The lowest BCUT2D eigenvalue weighted by atomic mass is 10.3. The lowest BCUT2D eigenvalue weighted by molar-refractivity contribution is -0.138. The molecule has 0 saturated carbocycles. The van der Waals surface area contributed by atoms with E-state index in [9.17, 15) is 9.59 Å². The van der Waals surface area contributed by atoms with Crippen molar-refractivity contribution in [2.45, 2.75) is 6.04 Å². The number of thiazole rings is 1. The van der Waals surface area contributed by atoms with Crippen molar-refractivity contribution in [1.82, 2.24) is 10.3 Å². The van der Waals surface area contributed by atoms with Gasteiger partial charge in [-0.15, -0.1) is 11.3 Å². The number of hydrogen-bond donors (Lipinski definition) is 3. The van der Waals surface area contributed by atoms with Crippen LogP contribution in [0.3, 0.4) is 0 Å². The largest absolute Gasteiger partial charge is 0.480 e. The second-order valence-corrected chi connectivity index (χ2v) is 3.39. The molecule has 0 bridgehead atoms. The van der Waals surface area contributed by atoms with E-state index in [2.05, 4.69) is 10.3 Å². The third-order valence-corrected chi connectivity index (χ3v) is 2.20. The third-order valence-electron chi connectivity index (χ3n) is 1.43. The Hall–Kier alpha value is -1.47. The highest BCUT2D eigenvalue weighted by molar-refractivity contribution is 7.11. The smallest absolute Gasteiger partial charge is 0.322 e. The predicted octanol–water partition coefficient (Wildman–Crippen LogP) is -0.715. The highest BCUT2D eigenvalue weighted by Crippen LogP contribution is 2.02. The van der Waals surface area contributed by atoms with Crippen molar-refractivity contribution in [3.8, 4) is 0 Å². The van der Waals surface area contributed by atoms with E-state index in [-0.39, 0.29) is 6.54 Å². The highest BCUT2D eigenvalue weighted by Gasteiger charge is 2.14. The summed E-state index contributed by atoms with van der Waals surface area (Å²) in [7, 11) is 0. The first-order chi connectivity index (χ1) is 6.61. The average Bonchev–Trinajstić information content (AvgIpc) is 2.66. The van der Waals surface area contributed by atoms with Crippen molar-refractivity contribution in [1.29, 1.82) is 0 Å². The Morgan fingerprint density at radius 2 is 2.43 bits per heavy atom. The van der Waals surface area contributed by atoms with E-state index < -0.39 is 17.9 Å². The molecule has 76 valence electrons. The number of carboxylic acids is 1. The molecule has 7 heteroatoms. The van der Waals surface area contributed by atoms with Crippen LogP contribution in [-0.4, -0.2) is 34.6 Å². The molecule has 0 saturated heterocycles. The van der Waals surface area contributed by atoms with Crippen LogP contribution in [0.4, 0.5) is 0 Å². The Labute approximate surface area is 83.8 Å². The zero-order chi connectivity index (χ0) is 10.6. The Morgan fingerprint density at radius 1 is 1.71 bits per heavy atom. The highest BCUT2D eigenvalue weighted by atomic mass is 32.1. The van der Waals surface area contributed by atoms with E-state index in [0.717, 1.165) is 0 Å². The van der Waals surface area contributed by atoms with Crippen LogP contribution in [0.2, 0.25) is 0 Å². The van der Waals surface area contributed by atoms with Gasteiger partial charge in [-0.3, -0.25) is 9.59 Å². The van der Waals surface area contributed by atoms with Gasteiger partial charge in [-0.2, -0.15) is 0 Å². The summed E-state index contributed by atoms with van der Waals surface area (Å²) in [6, 6.07) is -1.08. The van der Waals surface area contributed by atoms with E-state index in [4.69, 9.17) is 10.8 Å². The van der Waals surface area contributed by atoms with Gasteiger partial charge < -0.3 is 16.2 Å². The van der Waals surface area contributed by atoms with Gasteiger partial charge in [0.05, 0.1) is 0 Å². The molecule has 0 aliphatic carbocycles. The molecule has 0 aromatic carbocycles. The summed E-state index contributed by atoms with van der Waals surface area (Å²) >= 11 is 1.18. The zero-order valence-electron chi connectivity index (χ0n) is 7.14. The number of amides is 1. The summed E-state index contributed by atoms with van der Waals surface area (Å²) < 4.78 is 0. The normalized spacial score (nSPS) is 12.1. The number of carboxylic acid groups (broad SMARTS) is 1. The van der Waals surface area contributed by atoms with Gasteiger partial charge in [-0.25, -0.2) is 4.98 Å². The molecule has 6 nitrogen and oxygen atoms in total. The van der Waals surface area contributed by atoms with Crippen molar-refractivity contribution >= 4 is 23.2 Å². The summed E-state index contributed by atoms with van der Waals surface area (Å²) in [6.07, 6.45) is 1.50. The van der Waals surface area contributed by atoms with E-state index >= 15 is 0 Å². The minimum atomic E-state index is -1.15. The molecule has 0 radical (unpaired) electrons. The third kappa shape index (κ3) is 2.79. The number of nitrogens with two attached hydrogens (primary N) is 1. The van der Waals surface area contributed by atoms with Gasteiger partial charge >= 0.3 is 5.97 Å². The molecule has 1 heterocycles. The van der Waals surface area contributed by atoms with Crippen LogP contribution in [0.25, 0.3) is 0 Å². The number of nitrogens with zero attached hydrogens (tertiary/aromatic N) is 1. The van der Waals surface area contributed by atoms with Crippen molar-refractivity contribution in [3.05, 3.63) is 16.6 Å². The summed E-state index contributed by atoms with van der Waals surface area (Å²) in [6.45, 7) is -0.103. The summed E-state index contributed by atoms with van der Waals surface area (Å²) in [5.74, 6) is -1.55. The van der Waals surface area contributed by atoms with E-state index in [1.807, 2.05) is 0 Å². The van der Waals surface area contributed by atoms with Gasteiger partial charge in [0.25, 0.3) is 5.91 Å². The minimum Gasteiger partial charge on any atom is -0.480 e. The standard InChI is InChI=1S/C7H9N3O3S/c8-4(7(12)13)3-10-5(11)6-9-1-2-14-6/h1-2,4H,3,8H2,(H,10,11)(H,12,13). The number of carbonyl (C=O) groups excluding carboxylic acids is 1. The quantitative estimate of drug-likeness (QED) is 0.615. The molecule has 0 aliphatic rings. The summed E-state index contributed by atoms with van der Waals surface area (Å²) in [4.78, 5) is 25.3. The fourth-order valence-electron chi connectivity index (χ4n) is 0.701. The Kier molecular flexibility index (Phi) is 3.55. The predicted molar refractivity (Wildman–Crippen MR) is 50.1 cm³/mol. The maximum atomic E-state index is 11.2. The number of rotatable bonds is 4. The fraction of sp³-hybridized carbons (Fsp3) is 0.286. The van der Waals surface area contributed by atoms with Crippen molar-refractivity contribution < 1.29 is 14.7 Å². The van der Waals surface area contributed by atoms with Crippen LogP contribution in [0, 0.1) is 0 Å². The van der Waals surface area contributed by atoms with Crippen LogP contribution in [-0.2, 0) is 4.79 Å². The number of carbonyl (C=O) groups is 2. The topological polar surface area (TPSA) is 105 Å². The minimum absolute atomic E-state index is 0.103. The average molecular weight is 215 g/mol. The molecule has 1 rings (SSSR count). The molecule has 1 aromatic rings. The molecule has 0 fully saturated rings. The van der Waals surface area contributed by atoms with Gasteiger partial charge in [0, 0.05) is 18.1 Å². The first-order valence-electron chi connectivity index (χ1n) is 3.77. The van der Waals surface area contributed by atoms with Crippen LogP contribution in [0.5, 0.6) is 0 Å². The molecule has 14 heavy (non-hydrogen) atoms. The first-order valence-corrected chi connectivity index (χ1v) is 4.65. The van der Waals surface area contributed by atoms with Gasteiger partial charge in [0.2, 0.25) is 0 Å². The van der Waals surface area contributed by atoms with Crippen molar-refractivity contribution in [3.63, 3.8) is 0 Å². The maximum absolute atomic E-state index is 11.2. The second-order valence-electron chi connectivity index (χ2n) is 2.49. The van der Waals surface area contributed by atoms with Gasteiger partial charge in [0.1, 0.15) is 6.04 Å². The van der Waals surface area contributed by atoms with Crippen LogP contribution < -0.4 is 11.1 Å². The summed E-state index contributed by atoms with van der Waals surface area (Å²) in [5.41, 5.74) is 5.19. The lowest BCUT2D eigenvalue weighted by Crippen LogP contribution is -2.42. The molecule has 0 aliphatic heterocycles. The van der Waals surface area contributed by atoms with Crippen LogP contribution >= 0.6 is 11.3 Å². The number of aliphatic carboxylic acids is 1. The number of hydrogen-bond acceptors (Lipinski definition) is 5. The second kappa shape index (κ2) is 4.68. The Bertz CT molecular complexity index is 325. The zero-order valence-corrected chi connectivity index (χ0v) is 7.95. The number of nitrogens with one attached hydrogen (secondary N) is 1. The van der Waals surface area contributed by atoms with Crippen molar-refractivity contribution in [2.24, 2.45) is 5.73 Å². The van der Waals surface area contributed by atoms with E-state index in [0.29, 0.717) is 5.01 Å². The van der Waals surface area contributed by atoms with Gasteiger partial charge in [0.15, 0.2) is 5.01 Å². The molecular formula is C7H9N3O3S. The van der Waals surface area contributed by atoms with E-state index in [1.165, 1.54) is 17.5 Å². The van der Waals surface area contributed by atoms with Crippen LogP contribution in [0.15, 0.2) is 11.6 Å². The Balaban J connectivity index is 2.40. The summed E-state index contributed by atoms with van der Waals surface area (Å²) in [5, 5.41) is 12.8. The Morgan fingerprint density at radius 3 is 2.93 bits per heavy atom. The molecule has 1 unspecified atom stereocenters. The van der Waals surface area contributed by atoms with Crippen LogP contribution in [0.1, 0.15) is 9.80 Å². The monoisotopic (exact) mass is 215 g/mol. The van der Waals surface area contributed by atoms with E-state index in [1.54, 1.807) is 5.38 Å². The maximum Gasteiger partial charge on any atom is 0.322 e. The van der Waals surface area contributed by atoms with Gasteiger partial charge in [-0.05, 0) is 0 Å². The molecule has 1 atom stereocenters. The van der Waals surface area contributed by atoms with Gasteiger partial charge in [-0.1, -0.05) is 0 Å². The fourth-order valence-corrected chi connectivity index (χ4v) is 1.25. The molecule has 1 aromatic heterocycles. The molecule has 0 spiro atoms. The first kappa shape index (κ1) is 10.6. The lowest BCUT2D eigenvalue weighted by Gasteiger charge is -2.06. The SMILES string of the molecule is NC(CNC(=O)c1nccs1)C(=O)O. The number of aromatic nitrogens is 1.